The quantitative estimate of drug-likeness (QED) is 0.370. The van der Waals surface area contributed by atoms with Gasteiger partial charge in [-0.15, -0.1) is 0 Å². The summed E-state index contributed by atoms with van der Waals surface area (Å²) < 4.78 is 0. The summed E-state index contributed by atoms with van der Waals surface area (Å²) in [4.78, 5) is 0. The van der Waals surface area contributed by atoms with Crippen molar-refractivity contribution in [2.45, 2.75) is 140 Å². The van der Waals surface area contributed by atoms with Gasteiger partial charge in [0.05, 0.1) is 0 Å². The molecule has 2 nitrogen and oxygen atoms in total. The fourth-order valence-electron chi connectivity index (χ4n) is 6.97. The third-order valence-corrected chi connectivity index (χ3v) is 8.93. The van der Waals surface area contributed by atoms with Gasteiger partial charge in [0, 0.05) is 5.70 Å². The molecule has 4 rings (SSSR count). The van der Waals surface area contributed by atoms with Crippen LogP contribution in [-0.4, -0.2) is 6.54 Å². The molecule has 4 N–H and O–H groups in total. The molecule has 0 radical (unpaired) electrons. The number of unbranched alkanes of at least 4 members (excludes halogenated alkanes) is 2. The molecule has 0 unspecified atom stereocenters. The van der Waals surface area contributed by atoms with Crippen molar-refractivity contribution in [3.05, 3.63) is 40.1 Å². The van der Waals surface area contributed by atoms with Gasteiger partial charge in [0.25, 0.3) is 0 Å². The second-order valence-electron chi connectivity index (χ2n) is 11.4. The van der Waals surface area contributed by atoms with Crippen molar-refractivity contribution in [1.29, 1.82) is 0 Å². The molecule has 0 aromatic heterocycles. The van der Waals surface area contributed by atoms with Crippen LogP contribution in [0.2, 0.25) is 0 Å². The van der Waals surface area contributed by atoms with Crippen LogP contribution in [0.15, 0.2) is 17.8 Å². The van der Waals surface area contributed by atoms with E-state index in [1.807, 2.05) is 0 Å². The van der Waals surface area contributed by atoms with Crippen molar-refractivity contribution in [2.75, 3.05) is 6.54 Å². The summed E-state index contributed by atoms with van der Waals surface area (Å²) in [6.07, 6.45) is 27.9. The van der Waals surface area contributed by atoms with Crippen molar-refractivity contribution in [3.8, 4) is 0 Å². The van der Waals surface area contributed by atoms with Crippen LogP contribution >= 0.6 is 0 Å². The molecule has 3 aliphatic carbocycles. The molecule has 0 saturated heterocycles. The van der Waals surface area contributed by atoms with Crippen molar-refractivity contribution in [1.82, 2.24) is 0 Å². The summed E-state index contributed by atoms with van der Waals surface area (Å²) in [7, 11) is 0. The van der Waals surface area contributed by atoms with Crippen LogP contribution < -0.4 is 11.5 Å². The molecule has 184 valence electrons. The van der Waals surface area contributed by atoms with Gasteiger partial charge in [0.15, 0.2) is 0 Å². The Morgan fingerprint density at radius 3 is 1.64 bits per heavy atom. The van der Waals surface area contributed by atoms with Gasteiger partial charge in [0.2, 0.25) is 0 Å². The fourth-order valence-corrected chi connectivity index (χ4v) is 6.97. The molecule has 0 heterocycles. The van der Waals surface area contributed by atoms with E-state index in [1.165, 1.54) is 103 Å². The van der Waals surface area contributed by atoms with E-state index in [1.54, 1.807) is 22.3 Å². The van der Waals surface area contributed by atoms with Crippen LogP contribution in [-0.2, 0) is 0 Å². The molecule has 0 amide bonds. The Morgan fingerprint density at radius 1 is 0.667 bits per heavy atom. The van der Waals surface area contributed by atoms with Crippen molar-refractivity contribution in [3.63, 3.8) is 0 Å². The fraction of sp³-hybridized carbons (Fsp3) is 0.742. The zero-order chi connectivity index (χ0) is 22.9. The monoisotopic (exact) mass is 450 g/mol. The average molecular weight is 451 g/mol. The van der Waals surface area contributed by atoms with Gasteiger partial charge in [-0.05, 0) is 110 Å². The maximum absolute atomic E-state index is 6.70. The second kappa shape index (κ2) is 13.0. The first-order chi connectivity index (χ1) is 16.3. The van der Waals surface area contributed by atoms with Gasteiger partial charge in [-0.25, -0.2) is 0 Å². The van der Waals surface area contributed by atoms with E-state index < -0.39 is 0 Å². The van der Waals surface area contributed by atoms with Crippen molar-refractivity contribution in [2.24, 2.45) is 11.5 Å². The second-order valence-corrected chi connectivity index (χ2v) is 11.4. The first-order valence-electron chi connectivity index (χ1n) is 14.6. The lowest BCUT2D eigenvalue weighted by atomic mass is 9.73. The normalized spacial score (nSPS) is 22.0. The van der Waals surface area contributed by atoms with Crippen molar-refractivity contribution >= 4 is 6.08 Å². The highest BCUT2D eigenvalue weighted by atomic mass is 14.6. The molecule has 3 aliphatic rings. The predicted octanol–water partition coefficient (Wildman–Crippen LogP) is 8.65. The van der Waals surface area contributed by atoms with E-state index in [0.717, 1.165) is 49.3 Å². The van der Waals surface area contributed by atoms with E-state index in [4.69, 9.17) is 11.5 Å². The Labute approximate surface area is 204 Å². The molecular formula is C31H50N2. The van der Waals surface area contributed by atoms with Gasteiger partial charge in [-0.2, -0.15) is 0 Å². The number of allylic oxidation sites excluding steroid dienone is 1. The number of rotatable bonds is 9. The summed E-state index contributed by atoms with van der Waals surface area (Å²) in [6.45, 7) is 0.796. The molecule has 0 atom stereocenters. The number of hydrogen-bond donors (Lipinski definition) is 2. The first-order valence-corrected chi connectivity index (χ1v) is 14.6. The number of hydrogen-bond acceptors (Lipinski definition) is 2. The third-order valence-electron chi connectivity index (χ3n) is 8.93. The van der Waals surface area contributed by atoms with Crippen LogP contribution in [0.1, 0.15) is 162 Å². The molecule has 0 bridgehead atoms. The Balaban J connectivity index is 1.72. The first kappa shape index (κ1) is 24.8. The minimum Gasteiger partial charge on any atom is -0.402 e. The van der Waals surface area contributed by atoms with Gasteiger partial charge in [0.1, 0.15) is 0 Å². The third kappa shape index (κ3) is 6.87. The maximum atomic E-state index is 6.70. The molecule has 0 spiro atoms. The van der Waals surface area contributed by atoms with Crippen LogP contribution in [0.25, 0.3) is 6.08 Å². The zero-order valence-electron chi connectivity index (χ0n) is 21.3. The lowest BCUT2D eigenvalue weighted by Gasteiger charge is -2.32. The highest BCUT2D eigenvalue weighted by Gasteiger charge is 2.27. The van der Waals surface area contributed by atoms with Gasteiger partial charge in [-0.3, -0.25) is 0 Å². The highest BCUT2D eigenvalue weighted by molar-refractivity contribution is 5.63. The number of nitrogens with two attached hydrogens (primary N) is 2. The average Bonchev–Trinajstić information content (AvgIpc) is 2.88. The molecular weight excluding hydrogens is 400 g/mol. The van der Waals surface area contributed by atoms with E-state index in [2.05, 4.69) is 18.2 Å². The van der Waals surface area contributed by atoms with Gasteiger partial charge < -0.3 is 11.5 Å². The summed E-state index contributed by atoms with van der Waals surface area (Å²) in [5, 5.41) is 0. The van der Waals surface area contributed by atoms with Crippen molar-refractivity contribution < 1.29 is 0 Å². The predicted molar refractivity (Wildman–Crippen MR) is 144 cm³/mol. The largest absolute Gasteiger partial charge is 0.402 e. The maximum Gasteiger partial charge on any atom is 0.00866 e. The molecule has 2 heteroatoms. The smallest absolute Gasteiger partial charge is 0.00866 e. The van der Waals surface area contributed by atoms with E-state index in [-0.39, 0.29) is 0 Å². The number of benzene rings is 1. The summed E-state index contributed by atoms with van der Waals surface area (Å²) in [5.74, 6) is 2.26. The standard InChI is InChI=1S/C31H50N2/c32-20-12-4-11-19-28(33)23-31-29(25-15-7-2-8-16-25)21-27(24-13-5-1-6-14-24)22-30(31)26-17-9-3-10-18-26/h21-26H,1-20,32-33H2. The van der Waals surface area contributed by atoms with Crippen LogP contribution in [0, 0.1) is 0 Å². The zero-order valence-corrected chi connectivity index (χ0v) is 21.3. The molecule has 3 fully saturated rings. The molecule has 1 aromatic carbocycles. The topological polar surface area (TPSA) is 52.0 Å². The summed E-state index contributed by atoms with van der Waals surface area (Å²) >= 11 is 0. The van der Waals surface area contributed by atoms with Crippen LogP contribution in [0.5, 0.6) is 0 Å². The lowest BCUT2D eigenvalue weighted by Crippen LogP contribution is -2.15. The Morgan fingerprint density at radius 2 is 1.15 bits per heavy atom. The van der Waals surface area contributed by atoms with Crippen LogP contribution in [0.4, 0.5) is 0 Å². The molecule has 0 aliphatic heterocycles. The minimum absolute atomic E-state index is 0.737. The molecule has 33 heavy (non-hydrogen) atoms. The summed E-state index contributed by atoms with van der Waals surface area (Å²) in [6, 6.07) is 5.34. The SMILES string of the molecule is NCCCCCC(N)=Cc1c(C2CCCCC2)cc(C2CCCCC2)cc1C1CCCCC1. The van der Waals surface area contributed by atoms with Gasteiger partial charge >= 0.3 is 0 Å². The lowest BCUT2D eigenvalue weighted by molar-refractivity contribution is 0.426. The van der Waals surface area contributed by atoms with E-state index in [0.29, 0.717) is 0 Å². The van der Waals surface area contributed by atoms with E-state index >= 15 is 0 Å². The van der Waals surface area contributed by atoms with E-state index in [9.17, 15) is 0 Å². The van der Waals surface area contributed by atoms with Gasteiger partial charge in [-0.1, -0.05) is 76.3 Å². The highest BCUT2D eigenvalue weighted by Crippen LogP contribution is 2.44. The van der Waals surface area contributed by atoms with Crippen LogP contribution in [0.3, 0.4) is 0 Å². The summed E-state index contributed by atoms with van der Waals surface area (Å²) in [5.41, 5.74) is 20.0. The minimum atomic E-state index is 0.737. The molecule has 3 saturated carbocycles. The Bertz CT molecular complexity index is 707. The molecule has 1 aromatic rings. The Kier molecular flexibility index (Phi) is 9.77. The Hall–Kier alpha value is -1.28.